The van der Waals surface area contributed by atoms with Gasteiger partial charge in [-0.3, -0.25) is 9.78 Å². The number of hydrogen-bond acceptors (Lipinski definition) is 8. The molecule has 0 saturated heterocycles. The number of carbonyl (C=O) groups is 3. The number of aromatic amines is 1. The predicted molar refractivity (Wildman–Crippen MR) is 256 cm³/mol. The number of rotatable bonds is 12. The lowest BCUT2D eigenvalue weighted by Crippen LogP contribution is -2.58. The van der Waals surface area contributed by atoms with Crippen LogP contribution in [0.3, 0.4) is 0 Å². The summed E-state index contributed by atoms with van der Waals surface area (Å²) in [6, 6.07) is 4.05. The number of amides is 1. The number of nitrogens with one attached hydrogen (secondary N) is 2. The van der Waals surface area contributed by atoms with Gasteiger partial charge in [-0.05, 0) is 156 Å². The molecular weight excluding hydrogens is 773 g/mol. The zero-order valence-corrected chi connectivity index (χ0v) is 39.8. The molecular formula is C52H86N6O4. The van der Waals surface area contributed by atoms with E-state index >= 15 is 0 Å². The van der Waals surface area contributed by atoms with E-state index in [9.17, 15) is 14.7 Å². The van der Waals surface area contributed by atoms with Gasteiger partial charge in [0.05, 0.1) is 18.1 Å². The van der Waals surface area contributed by atoms with E-state index in [1.54, 1.807) is 12.4 Å². The number of aryl methyl sites for hydroxylation is 2. The predicted octanol–water partition coefficient (Wildman–Crippen LogP) is 9.97. The number of carbonyl (C=O) groups excluding carboxylic acids is 3. The summed E-state index contributed by atoms with van der Waals surface area (Å²) in [5.41, 5.74) is 15.2. The number of imidazole rings is 1. The molecule has 7 N–H and O–H groups in total. The maximum atomic E-state index is 12.1. The molecule has 348 valence electrons. The second-order valence-corrected chi connectivity index (χ2v) is 19.2. The fourth-order valence-electron chi connectivity index (χ4n) is 11.5. The van der Waals surface area contributed by atoms with Crippen molar-refractivity contribution < 1.29 is 19.5 Å². The standard InChI is InChI=1S/C26H44O2.C11H14N4.C11H19NO.C3H6.CH3NO/c1-23(2)20-11-16-24(3)15-10-19-8-7-14-26(19,18-27)13-6-5-9-21(24)25(20,4)17-12-22(23)28;12-5-10-3-1-9(6-14-10)2-4-11-7-13-8-15-11;1-3-11(8-9-12-2)7-5-4-6-10-13;1-3-2;2-1-3/h18-22,28H,5-17H2,1-4H3;1,3,6-8H,2,4-5,12H2,(H,13,15);4-5,7,10,12H,3,6,8-9H2,1-2H3;3H,1H2,2H3;1H,(H2,2,3)/b;;5-4-,11-7+;;. The van der Waals surface area contributed by atoms with E-state index in [0.717, 1.165) is 75.1 Å². The Balaban J connectivity index is 0.000000329. The Morgan fingerprint density at radius 1 is 0.952 bits per heavy atom. The van der Waals surface area contributed by atoms with Gasteiger partial charge >= 0.3 is 0 Å². The maximum Gasteiger partial charge on any atom is 0.204 e. The van der Waals surface area contributed by atoms with Gasteiger partial charge in [-0.1, -0.05) is 89.8 Å². The molecule has 0 spiro atoms. The molecule has 0 radical (unpaired) electrons. The monoisotopic (exact) mass is 859 g/mol. The molecule has 6 rings (SSSR count). The van der Waals surface area contributed by atoms with Crippen molar-refractivity contribution in [1.29, 1.82) is 0 Å². The van der Waals surface area contributed by atoms with Crippen LogP contribution in [0.25, 0.3) is 0 Å². The SMILES string of the molecule is C=CC.CC/C(=C\C=C/CC=O)CCNC.CC12CCC3CCCC3(C=O)CCCCC1C1(C)CCC(O)C(C)(C)C1CC2.NC=O.NCc1ccc(CCc2cnc[nH]2)cn1. The number of aldehydes is 2. The normalized spacial score (nSPS) is 28.8. The van der Waals surface area contributed by atoms with Crippen molar-refractivity contribution >= 4 is 19.0 Å². The molecule has 2 aromatic rings. The van der Waals surface area contributed by atoms with Crippen LogP contribution < -0.4 is 16.8 Å². The smallest absolute Gasteiger partial charge is 0.204 e. The fourth-order valence-corrected chi connectivity index (χ4v) is 11.5. The van der Waals surface area contributed by atoms with Crippen molar-refractivity contribution in [2.45, 2.75) is 170 Å². The maximum absolute atomic E-state index is 12.1. The topological polar surface area (TPSA) is 177 Å². The Hall–Kier alpha value is -3.73. The highest BCUT2D eigenvalue weighted by Gasteiger charge is 2.60. The average Bonchev–Trinajstić information content (AvgIpc) is 3.95. The summed E-state index contributed by atoms with van der Waals surface area (Å²) < 4.78 is 0. The van der Waals surface area contributed by atoms with E-state index < -0.39 is 0 Å². The van der Waals surface area contributed by atoms with Gasteiger partial charge in [-0.2, -0.15) is 0 Å². The van der Waals surface area contributed by atoms with Crippen LogP contribution in [0.4, 0.5) is 0 Å². The minimum Gasteiger partial charge on any atom is -0.393 e. The van der Waals surface area contributed by atoms with Crippen LogP contribution in [0.15, 0.2) is 67.3 Å². The molecule has 10 heteroatoms. The van der Waals surface area contributed by atoms with Gasteiger partial charge < -0.3 is 36.5 Å². The third-order valence-corrected chi connectivity index (χ3v) is 15.0. The molecule has 1 amide bonds. The third-order valence-electron chi connectivity index (χ3n) is 15.0. The molecule has 2 aromatic heterocycles. The molecule has 7 unspecified atom stereocenters. The van der Waals surface area contributed by atoms with Crippen LogP contribution in [0.5, 0.6) is 0 Å². The summed E-state index contributed by atoms with van der Waals surface area (Å²) in [5, 5.41) is 13.9. The van der Waals surface area contributed by atoms with Crippen molar-refractivity contribution in [2.75, 3.05) is 13.6 Å². The van der Waals surface area contributed by atoms with Crippen molar-refractivity contribution in [2.24, 2.45) is 50.9 Å². The lowest BCUT2D eigenvalue weighted by atomic mass is 9.41. The minimum atomic E-state index is -0.138. The Kier molecular flexibility index (Phi) is 24.7. The highest BCUT2D eigenvalue weighted by atomic mass is 16.3. The number of fused-ring (bicyclic) bond motifs is 4. The first kappa shape index (κ1) is 54.4. The Morgan fingerprint density at radius 3 is 2.26 bits per heavy atom. The molecule has 62 heavy (non-hydrogen) atoms. The van der Waals surface area contributed by atoms with Gasteiger partial charge in [-0.25, -0.2) is 4.98 Å². The lowest BCUT2D eigenvalue weighted by Gasteiger charge is -2.64. The number of aliphatic hydroxyl groups is 1. The summed E-state index contributed by atoms with van der Waals surface area (Å²) in [6.07, 6.45) is 36.1. The molecule has 2 heterocycles. The van der Waals surface area contributed by atoms with Gasteiger partial charge in [0, 0.05) is 36.5 Å². The number of pyridine rings is 1. The number of H-pyrrole nitrogens is 1. The van der Waals surface area contributed by atoms with Crippen LogP contribution >= 0.6 is 0 Å². The van der Waals surface area contributed by atoms with Gasteiger partial charge in [0.15, 0.2) is 0 Å². The Morgan fingerprint density at radius 2 is 1.66 bits per heavy atom. The Bertz CT molecular complexity index is 1620. The van der Waals surface area contributed by atoms with E-state index in [1.165, 1.54) is 81.6 Å². The Labute approximate surface area is 376 Å². The van der Waals surface area contributed by atoms with Gasteiger partial charge in [0.25, 0.3) is 0 Å². The van der Waals surface area contributed by atoms with Crippen LogP contribution in [0.2, 0.25) is 0 Å². The van der Waals surface area contributed by atoms with Crippen molar-refractivity contribution in [1.82, 2.24) is 20.3 Å². The summed E-state index contributed by atoms with van der Waals surface area (Å²) in [6.45, 7) is 18.8. The number of hydrogen-bond donors (Lipinski definition) is 5. The number of aliphatic hydroxyl groups excluding tert-OH is 1. The summed E-state index contributed by atoms with van der Waals surface area (Å²) in [4.78, 5) is 42.0. The summed E-state index contributed by atoms with van der Waals surface area (Å²) >= 11 is 0. The molecule has 0 aliphatic heterocycles. The third kappa shape index (κ3) is 15.8. The number of nitrogens with zero attached hydrogens (tertiary/aromatic N) is 2. The van der Waals surface area contributed by atoms with E-state index in [2.05, 4.69) is 79.3 Å². The quantitative estimate of drug-likeness (QED) is 0.0796. The molecule has 0 aromatic carbocycles. The zero-order chi connectivity index (χ0) is 46.1. The molecule has 4 aliphatic carbocycles. The van der Waals surface area contributed by atoms with E-state index in [-0.39, 0.29) is 23.3 Å². The van der Waals surface area contributed by atoms with Gasteiger partial charge in [0.1, 0.15) is 12.6 Å². The molecule has 4 fully saturated rings. The summed E-state index contributed by atoms with van der Waals surface area (Å²) in [5.74, 6) is 2.05. The second kappa shape index (κ2) is 28.1. The first-order chi connectivity index (χ1) is 29.7. The van der Waals surface area contributed by atoms with E-state index in [0.29, 0.717) is 35.6 Å². The highest BCUT2D eigenvalue weighted by molar-refractivity contribution is 5.60. The van der Waals surface area contributed by atoms with Crippen LogP contribution in [0.1, 0.15) is 161 Å². The van der Waals surface area contributed by atoms with Crippen molar-refractivity contribution in [3.8, 4) is 0 Å². The first-order valence-corrected chi connectivity index (χ1v) is 23.6. The molecule has 7 atom stereocenters. The number of primary amides is 1. The highest BCUT2D eigenvalue weighted by Crippen LogP contribution is 2.67. The second-order valence-electron chi connectivity index (χ2n) is 19.2. The lowest BCUT2D eigenvalue weighted by molar-refractivity contribution is -0.175. The zero-order valence-electron chi connectivity index (χ0n) is 39.8. The molecule has 4 aliphatic rings. The fraction of sp³-hybridized carbons (Fsp3) is 0.673. The van der Waals surface area contributed by atoms with Gasteiger partial charge in [-0.15, -0.1) is 6.58 Å². The van der Waals surface area contributed by atoms with Crippen molar-refractivity contribution in [3.05, 3.63) is 84.3 Å². The largest absolute Gasteiger partial charge is 0.393 e. The number of nitrogens with two attached hydrogens (primary N) is 2. The van der Waals surface area contributed by atoms with Crippen molar-refractivity contribution in [3.63, 3.8) is 0 Å². The molecule has 4 saturated carbocycles. The molecule has 10 nitrogen and oxygen atoms in total. The first-order valence-electron chi connectivity index (χ1n) is 23.6. The van der Waals surface area contributed by atoms with Gasteiger partial charge in [0.2, 0.25) is 6.41 Å². The minimum absolute atomic E-state index is 0.0151. The number of allylic oxidation sites excluding steroid dienone is 4. The molecule has 0 bridgehead atoms. The van der Waals surface area contributed by atoms with Crippen LogP contribution in [-0.2, 0) is 33.8 Å². The van der Waals surface area contributed by atoms with Crippen LogP contribution in [-0.4, -0.2) is 58.7 Å². The average molecular weight is 859 g/mol. The van der Waals surface area contributed by atoms with E-state index in [4.69, 9.17) is 10.5 Å². The summed E-state index contributed by atoms with van der Waals surface area (Å²) in [7, 11) is 1.95. The number of aromatic nitrogens is 3. The van der Waals surface area contributed by atoms with E-state index in [1.807, 2.05) is 44.6 Å². The van der Waals surface area contributed by atoms with Crippen LogP contribution in [0, 0.1) is 39.4 Å².